The van der Waals surface area contributed by atoms with Crippen LogP contribution in [0.15, 0.2) is 48.5 Å². The average Bonchev–Trinajstić information content (AvgIpc) is 2.81. The monoisotopic (exact) mass is 438 g/mol. The van der Waals surface area contributed by atoms with Crippen molar-refractivity contribution in [1.82, 2.24) is 4.90 Å². The van der Waals surface area contributed by atoms with Gasteiger partial charge in [-0.15, -0.1) is 0 Å². The molecular weight excluding hydrogens is 404 g/mol. The highest BCUT2D eigenvalue weighted by molar-refractivity contribution is 5.88. The zero-order chi connectivity index (χ0) is 22.5. The third kappa shape index (κ3) is 5.56. The van der Waals surface area contributed by atoms with Crippen LogP contribution in [0.3, 0.4) is 0 Å². The van der Waals surface area contributed by atoms with Gasteiger partial charge in [0.1, 0.15) is 0 Å². The Balaban J connectivity index is 1.56. The number of ether oxygens (including phenoxy) is 2. The van der Waals surface area contributed by atoms with E-state index in [2.05, 4.69) is 17.1 Å². The Kier molecular flexibility index (Phi) is 7.58. The summed E-state index contributed by atoms with van der Waals surface area (Å²) in [5, 5.41) is 12.2. The highest BCUT2D eigenvalue weighted by Crippen LogP contribution is 2.42. The van der Waals surface area contributed by atoms with Gasteiger partial charge in [-0.3, -0.25) is 4.79 Å². The number of likely N-dealkylation sites (tertiary alicyclic amines) is 1. The summed E-state index contributed by atoms with van der Waals surface area (Å²) in [5.41, 5.74) is 3.68. The van der Waals surface area contributed by atoms with Crippen LogP contribution in [0.1, 0.15) is 62.2 Å². The Bertz CT molecular complexity index is 878. The van der Waals surface area contributed by atoms with Crippen molar-refractivity contribution >= 4 is 11.6 Å². The van der Waals surface area contributed by atoms with E-state index in [1.807, 2.05) is 48.5 Å². The number of amides is 1. The maximum Gasteiger partial charge on any atom is 0.221 e. The van der Waals surface area contributed by atoms with E-state index in [0.717, 1.165) is 42.0 Å². The van der Waals surface area contributed by atoms with Crippen LogP contribution in [0.4, 0.5) is 5.69 Å². The third-order valence-corrected chi connectivity index (χ3v) is 6.51. The molecule has 0 spiro atoms. The molecule has 0 aromatic heterocycles. The SMILES string of the molecule is CC(=O)Nc1ccc(C2OC(CN3CCCCC3)C(C)C(c3ccc(CO)cc3)O2)cc1. The second-order valence-electron chi connectivity index (χ2n) is 8.99. The zero-order valence-electron chi connectivity index (χ0n) is 19.0. The Morgan fingerprint density at radius 3 is 2.28 bits per heavy atom. The van der Waals surface area contributed by atoms with Crippen LogP contribution in [0.2, 0.25) is 0 Å². The van der Waals surface area contributed by atoms with Crippen LogP contribution in [-0.4, -0.2) is 41.7 Å². The first-order valence-corrected chi connectivity index (χ1v) is 11.6. The number of piperidine rings is 1. The molecule has 2 aliphatic rings. The van der Waals surface area contributed by atoms with Crippen molar-refractivity contribution in [2.24, 2.45) is 5.92 Å². The van der Waals surface area contributed by atoms with Gasteiger partial charge in [0, 0.05) is 30.6 Å². The van der Waals surface area contributed by atoms with Gasteiger partial charge in [-0.25, -0.2) is 0 Å². The van der Waals surface area contributed by atoms with Gasteiger partial charge in [0.05, 0.1) is 18.8 Å². The average molecular weight is 439 g/mol. The van der Waals surface area contributed by atoms with Gasteiger partial charge < -0.3 is 24.8 Å². The Morgan fingerprint density at radius 1 is 1.00 bits per heavy atom. The lowest BCUT2D eigenvalue weighted by molar-refractivity contribution is -0.276. The quantitative estimate of drug-likeness (QED) is 0.699. The van der Waals surface area contributed by atoms with Gasteiger partial charge >= 0.3 is 0 Å². The maximum atomic E-state index is 11.3. The standard InChI is InChI=1S/C26H34N2O4/c1-18-24(16-28-14-4-3-5-15-28)31-26(22-10-12-23(13-11-22)27-19(2)30)32-25(18)21-8-6-20(17-29)7-9-21/h6-13,18,24-26,29H,3-5,14-17H2,1-2H3,(H,27,30). The van der Waals surface area contributed by atoms with Crippen LogP contribution in [0.25, 0.3) is 0 Å². The molecule has 4 rings (SSSR count). The van der Waals surface area contributed by atoms with Gasteiger partial charge in [0.2, 0.25) is 5.91 Å². The van der Waals surface area contributed by atoms with Crippen molar-refractivity contribution < 1.29 is 19.4 Å². The molecule has 2 saturated heterocycles. The van der Waals surface area contributed by atoms with Crippen LogP contribution in [-0.2, 0) is 20.9 Å². The molecule has 2 fully saturated rings. The molecule has 6 nitrogen and oxygen atoms in total. The molecule has 4 atom stereocenters. The molecule has 0 saturated carbocycles. The van der Waals surface area contributed by atoms with Crippen molar-refractivity contribution in [3.05, 3.63) is 65.2 Å². The third-order valence-electron chi connectivity index (χ3n) is 6.51. The fourth-order valence-electron chi connectivity index (χ4n) is 4.65. The largest absolute Gasteiger partial charge is 0.392 e. The van der Waals surface area contributed by atoms with E-state index < -0.39 is 6.29 Å². The molecule has 172 valence electrons. The van der Waals surface area contributed by atoms with Crippen LogP contribution in [0.5, 0.6) is 0 Å². The predicted octanol–water partition coefficient (Wildman–Crippen LogP) is 4.41. The van der Waals surface area contributed by atoms with Crippen molar-refractivity contribution in [1.29, 1.82) is 0 Å². The van der Waals surface area contributed by atoms with E-state index in [4.69, 9.17) is 9.47 Å². The lowest BCUT2D eigenvalue weighted by Gasteiger charge is -2.43. The van der Waals surface area contributed by atoms with Crippen molar-refractivity contribution in [3.8, 4) is 0 Å². The smallest absolute Gasteiger partial charge is 0.221 e. The summed E-state index contributed by atoms with van der Waals surface area (Å²) in [6.45, 7) is 6.89. The number of aliphatic hydroxyl groups is 1. The number of aliphatic hydroxyl groups excluding tert-OH is 1. The fraction of sp³-hybridized carbons (Fsp3) is 0.500. The first-order chi connectivity index (χ1) is 15.5. The minimum atomic E-state index is -0.477. The molecule has 6 heteroatoms. The second kappa shape index (κ2) is 10.6. The lowest BCUT2D eigenvalue weighted by Crippen LogP contribution is -2.45. The predicted molar refractivity (Wildman–Crippen MR) is 124 cm³/mol. The Hall–Kier alpha value is -2.25. The number of carbonyl (C=O) groups is 1. The van der Waals surface area contributed by atoms with Gasteiger partial charge in [-0.1, -0.05) is 49.7 Å². The highest BCUT2D eigenvalue weighted by atomic mass is 16.7. The second-order valence-corrected chi connectivity index (χ2v) is 8.99. The maximum absolute atomic E-state index is 11.3. The van der Waals surface area contributed by atoms with Gasteiger partial charge in [-0.05, 0) is 49.2 Å². The van der Waals surface area contributed by atoms with Crippen molar-refractivity contribution in [2.75, 3.05) is 25.0 Å². The minimum absolute atomic E-state index is 0.0331. The minimum Gasteiger partial charge on any atom is -0.392 e. The summed E-state index contributed by atoms with van der Waals surface area (Å²) in [7, 11) is 0. The molecule has 2 aromatic rings. The van der Waals surface area contributed by atoms with E-state index >= 15 is 0 Å². The molecule has 4 unspecified atom stereocenters. The Morgan fingerprint density at radius 2 is 1.66 bits per heavy atom. The molecule has 2 aliphatic heterocycles. The van der Waals surface area contributed by atoms with Gasteiger partial charge in [-0.2, -0.15) is 0 Å². The molecule has 0 radical (unpaired) electrons. The fourth-order valence-corrected chi connectivity index (χ4v) is 4.65. The number of nitrogens with one attached hydrogen (secondary N) is 1. The summed E-state index contributed by atoms with van der Waals surface area (Å²) in [5.74, 6) is 0.0940. The van der Waals surface area contributed by atoms with Crippen LogP contribution in [0, 0.1) is 5.92 Å². The summed E-state index contributed by atoms with van der Waals surface area (Å²) < 4.78 is 13.0. The summed E-state index contributed by atoms with van der Waals surface area (Å²) in [6, 6.07) is 15.7. The summed E-state index contributed by atoms with van der Waals surface area (Å²) in [6.07, 6.45) is 3.27. The van der Waals surface area contributed by atoms with E-state index in [1.165, 1.54) is 26.2 Å². The number of nitrogens with zero attached hydrogens (tertiary/aromatic N) is 1. The van der Waals surface area contributed by atoms with Crippen LogP contribution >= 0.6 is 0 Å². The normalized spacial score (nSPS) is 26.6. The van der Waals surface area contributed by atoms with Crippen molar-refractivity contribution in [3.63, 3.8) is 0 Å². The molecule has 2 heterocycles. The first kappa shape index (κ1) is 22.9. The number of anilines is 1. The number of hydrogen-bond donors (Lipinski definition) is 2. The molecular formula is C26H34N2O4. The number of carbonyl (C=O) groups excluding carboxylic acids is 1. The molecule has 0 bridgehead atoms. The summed E-state index contributed by atoms with van der Waals surface area (Å²) in [4.78, 5) is 13.8. The summed E-state index contributed by atoms with van der Waals surface area (Å²) >= 11 is 0. The topological polar surface area (TPSA) is 71.0 Å². The highest BCUT2D eigenvalue weighted by Gasteiger charge is 2.39. The van der Waals surface area contributed by atoms with Crippen LogP contribution < -0.4 is 5.32 Å². The first-order valence-electron chi connectivity index (χ1n) is 11.6. The van der Waals surface area contributed by atoms with E-state index in [0.29, 0.717) is 0 Å². The van der Waals surface area contributed by atoms with Gasteiger partial charge in [0.25, 0.3) is 0 Å². The van der Waals surface area contributed by atoms with E-state index in [-0.39, 0.29) is 30.6 Å². The van der Waals surface area contributed by atoms with Gasteiger partial charge in [0.15, 0.2) is 6.29 Å². The zero-order valence-corrected chi connectivity index (χ0v) is 19.0. The lowest BCUT2D eigenvalue weighted by atomic mass is 9.89. The number of benzene rings is 2. The molecule has 0 aliphatic carbocycles. The Labute approximate surface area is 190 Å². The molecule has 1 amide bonds. The molecule has 2 N–H and O–H groups in total. The van der Waals surface area contributed by atoms with E-state index in [9.17, 15) is 9.90 Å². The van der Waals surface area contributed by atoms with Crippen molar-refractivity contribution in [2.45, 2.75) is 58.2 Å². The molecule has 32 heavy (non-hydrogen) atoms. The molecule has 2 aromatic carbocycles. The number of rotatable bonds is 6. The van der Waals surface area contributed by atoms with E-state index in [1.54, 1.807) is 0 Å². The number of hydrogen-bond acceptors (Lipinski definition) is 5.